The zero-order chi connectivity index (χ0) is 19.4. The highest BCUT2D eigenvalue weighted by molar-refractivity contribution is 7.89. The molecule has 3 rings (SSSR count). The predicted octanol–water partition coefficient (Wildman–Crippen LogP) is 4.57. The van der Waals surface area contributed by atoms with Crippen LogP contribution >= 0.6 is 11.3 Å². The normalized spacial score (nSPS) is 17.6. The molecule has 27 heavy (non-hydrogen) atoms. The molecule has 1 atom stereocenters. The van der Waals surface area contributed by atoms with Crippen LogP contribution in [0.1, 0.15) is 54.0 Å². The maximum absolute atomic E-state index is 13.1. The quantitative estimate of drug-likeness (QED) is 0.764. The summed E-state index contributed by atoms with van der Waals surface area (Å²) in [5.41, 5.74) is 3.91. The van der Waals surface area contributed by atoms with Crippen LogP contribution in [0.5, 0.6) is 0 Å². The van der Waals surface area contributed by atoms with Crippen molar-refractivity contribution in [1.29, 1.82) is 0 Å². The summed E-state index contributed by atoms with van der Waals surface area (Å²) in [7, 11) is -3.55. The first-order valence-electron chi connectivity index (χ1n) is 9.72. The Bertz CT molecular complexity index is 829. The molecule has 0 spiro atoms. The first-order chi connectivity index (χ1) is 12.9. The third-order valence-corrected chi connectivity index (χ3v) is 7.78. The van der Waals surface area contributed by atoms with Crippen LogP contribution in [0, 0.1) is 20.8 Å². The van der Waals surface area contributed by atoms with E-state index in [0.29, 0.717) is 11.4 Å². The van der Waals surface area contributed by atoms with Crippen molar-refractivity contribution < 1.29 is 8.42 Å². The van der Waals surface area contributed by atoms with Crippen molar-refractivity contribution in [3.8, 4) is 0 Å². The fraction of sp³-hybridized carbons (Fsp3) is 0.524. The topological polar surface area (TPSA) is 49.4 Å². The summed E-state index contributed by atoms with van der Waals surface area (Å²) in [6.07, 6.45) is 4.90. The van der Waals surface area contributed by atoms with Gasteiger partial charge in [0.05, 0.1) is 4.90 Å². The number of hydrogen-bond acceptors (Lipinski definition) is 4. The second-order valence-electron chi connectivity index (χ2n) is 7.60. The highest BCUT2D eigenvalue weighted by Crippen LogP contribution is 2.27. The lowest BCUT2D eigenvalue weighted by atomic mass is 10.1. The Morgan fingerprint density at radius 1 is 1.07 bits per heavy atom. The molecule has 2 aromatic rings. The average Bonchev–Trinajstić information content (AvgIpc) is 2.97. The van der Waals surface area contributed by atoms with Gasteiger partial charge in [0.25, 0.3) is 0 Å². The molecule has 1 N–H and O–H groups in total. The highest BCUT2D eigenvalue weighted by atomic mass is 32.2. The molecule has 1 aromatic heterocycles. The first kappa shape index (κ1) is 20.5. The molecule has 1 saturated heterocycles. The van der Waals surface area contributed by atoms with E-state index in [1.165, 1.54) is 31.2 Å². The van der Waals surface area contributed by atoms with Crippen molar-refractivity contribution in [2.24, 2.45) is 0 Å². The molecule has 1 aliphatic heterocycles. The maximum atomic E-state index is 13.1. The maximum Gasteiger partial charge on any atom is 0.241 e. The Labute approximate surface area is 167 Å². The molecule has 0 radical (unpaired) electrons. The van der Waals surface area contributed by atoms with Crippen LogP contribution in [0.15, 0.2) is 33.9 Å². The van der Waals surface area contributed by atoms with Crippen LogP contribution in [-0.2, 0) is 10.0 Å². The van der Waals surface area contributed by atoms with Crippen LogP contribution in [-0.4, -0.2) is 33.0 Å². The number of aryl methyl sites for hydroxylation is 3. The molecule has 0 aliphatic carbocycles. The molecule has 148 valence electrons. The van der Waals surface area contributed by atoms with Gasteiger partial charge in [-0.15, -0.1) is 0 Å². The molecule has 1 unspecified atom stereocenters. The van der Waals surface area contributed by atoms with Gasteiger partial charge < -0.3 is 0 Å². The fourth-order valence-corrected chi connectivity index (χ4v) is 6.37. The van der Waals surface area contributed by atoms with Crippen molar-refractivity contribution >= 4 is 21.4 Å². The van der Waals surface area contributed by atoms with Gasteiger partial charge in [-0.25, -0.2) is 13.1 Å². The summed E-state index contributed by atoms with van der Waals surface area (Å²) in [5.74, 6) is 0. The lowest BCUT2D eigenvalue weighted by molar-refractivity contribution is 0.206. The Hall–Kier alpha value is -1.21. The molecule has 2 heterocycles. The monoisotopic (exact) mass is 406 g/mol. The van der Waals surface area contributed by atoms with E-state index in [2.05, 4.69) is 26.4 Å². The van der Waals surface area contributed by atoms with Gasteiger partial charge in [0.15, 0.2) is 0 Å². The number of thiophene rings is 1. The van der Waals surface area contributed by atoms with Gasteiger partial charge in [0.1, 0.15) is 0 Å². The van der Waals surface area contributed by atoms with E-state index in [-0.39, 0.29) is 6.04 Å². The summed E-state index contributed by atoms with van der Waals surface area (Å²) < 4.78 is 29.1. The minimum atomic E-state index is -3.55. The summed E-state index contributed by atoms with van der Waals surface area (Å²) in [5, 5.41) is 4.22. The molecule has 4 nitrogen and oxygen atoms in total. The van der Waals surface area contributed by atoms with E-state index in [9.17, 15) is 8.42 Å². The van der Waals surface area contributed by atoms with Crippen molar-refractivity contribution in [3.05, 3.63) is 51.2 Å². The Kier molecular flexibility index (Phi) is 6.74. The molecule has 6 heteroatoms. The van der Waals surface area contributed by atoms with Crippen LogP contribution in [0.4, 0.5) is 0 Å². The highest BCUT2D eigenvalue weighted by Gasteiger charge is 2.26. The van der Waals surface area contributed by atoms with Crippen LogP contribution < -0.4 is 4.72 Å². The number of benzene rings is 1. The van der Waals surface area contributed by atoms with Crippen molar-refractivity contribution in [2.45, 2.75) is 57.4 Å². The van der Waals surface area contributed by atoms with Crippen LogP contribution in [0.25, 0.3) is 0 Å². The second-order valence-corrected chi connectivity index (χ2v) is 10.1. The molecular formula is C21H30N2O2S2. The summed E-state index contributed by atoms with van der Waals surface area (Å²) in [6.45, 7) is 8.22. The molecule has 1 aromatic carbocycles. The largest absolute Gasteiger partial charge is 0.295 e. The van der Waals surface area contributed by atoms with E-state index < -0.39 is 10.0 Å². The van der Waals surface area contributed by atoms with Gasteiger partial charge in [-0.1, -0.05) is 30.5 Å². The number of hydrogen-bond donors (Lipinski definition) is 1. The van der Waals surface area contributed by atoms with Crippen LogP contribution in [0.3, 0.4) is 0 Å². The molecule has 0 saturated carbocycles. The molecule has 0 amide bonds. The lowest BCUT2D eigenvalue weighted by Crippen LogP contribution is -2.38. The molecule has 1 fully saturated rings. The van der Waals surface area contributed by atoms with Crippen molar-refractivity contribution in [3.63, 3.8) is 0 Å². The van der Waals surface area contributed by atoms with Crippen molar-refractivity contribution in [2.75, 3.05) is 19.6 Å². The van der Waals surface area contributed by atoms with Gasteiger partial charge in [0, 0.05) is 12.6 Å². The zero-order valence-corrected chi connectivity index (χ0v) is 18.1. The SMILES string of the molecule is Cc1cc(C)c(S(=O)(=O)NCC(c2ccsc2)N2CCCCCC2)c(C)c1. The van der Waals surface area contributed by atoms with E-state index in [1.807, 2.05) is 32.9 Å². The first-order valence-corrected chi connectivity index (χ1v) is 12.1. The minimum absolute atomic E-state index is 0.0928. The standard InChI is InChI=1S/C21H30N2O2S2/c1-16-12-17(2)21(18(3)13-16)27(24,25)22-14-20(19-8-11-26-15-19)23-9-6-4-5-7-10-23/h8,11-13,15,20,22H,4-7,9-10,14H2,1-3H3. The smallest absolute Gasteiger partial charge is 0.241 e. The third kappa shape index (κ3) is 4.99. The van der Waals surface area contributed by atoms with Gasteiger partial charge in [-0.3, -0.25) is 4.90 Å². The number of sulfonamides is 1. The molecule has 1 aliphatic rings. The lowest BCUT2D eigenvalue weighted by Gasteiger charge is -2.30. The van der Waals surface area contributed by atoms with Gasteiger partial charge in [0.2, 0.25) is 10.0 Å². The summed E-state index contributed by atoms with van der Waals surface area (Å²) in [6, 6.07) is 6.09. The zero-order valence-electron chi connectivity index (χ0n) is 16.5. The Morgan fingerprint density at radius 3 is 2.26 bits per heavy atom. The van der Waals surface area contributed by atoms with Gasteiger partial charge in [-0.2, -0.15) is 11.3 Å². The summed E-state index contributed by atoms with van der Waals surface area (Å²) >= 11 is 1.67. The fourth-order valence-electron chi connectivity index (χ4n) is 4.18. The van der Waals surface area contributed by atoms with E-state index in [0.717, 1.165) is 29.8 Å². The van der Waals surface area contributed by atoms with Gasteiger partial charge in [-0.05, 0) is 80.2 Å². The number of nitrogens with one attached hydrogen (secondary N) is 1. The number of rotatable bonds is 6. The van der Waals surface area contributed by atoms with E-state index >= 15 is 0 Å². The number of nitrogens with zero attached hydrogens (tertiary/aromatic N) is 1. The second kappa shape index (κ2) is 8.86. The molecule has 0 bridgehead atoms. The molecular weight excluding hydrogens is 376 g/mol. The van der Waals surface area contributed by atoms with Gasteiger partial charge >= 0.3 is 0 Å². The summed E-state index contributed by atoms with van der Waals surface area (Å²) in [4.78, 5) is 2.87. The van der Waals surface area contributed by atoms with Crippen molar-refractivity contribution in [1.82, 2.24) is 9.62 Å². The average molecular weight is 407 g/mol. The van der Waals surface area contributed by atoms with E-state index in [1.54, 1.807) is 11.3 Å². The third-order valence-electron chi connectivity index (χ3n) is 5.35. The predicted molar refractivity (Wildman–Crippen MR) is 113 cm³/mol. The Morgan fingerprint density at radius 2 is 1.70 bits per heavy atom. The Balaban J connectivity index is 1.82. The minimum Gasteiger partial charge on any atom is -0.295 e. The van der Waals surface area contributed by atoms with Crippen LogP contribution in [0.2, 0.25) is 0 Å². The van der Waals surface area contributed by atoms with E-state index in [4.69, 9.17) is 0 Å². The number of likely N-dealkylation sites (tertiary alicyclic amines) is 1.